The van der Waals surface area contributed by atoms with E-state index in [1.807, 2.05) is 0 Å². The molecule has 2 atom stereocenters. The van der Waals surface area contributed by atoms with E-state index >= 15 is 0 Å². The summed E-state index contributed by atoms with van der Waals surface area (Å²) in [5.74, 6) is 1.17. The van der Waals surface area contributed by atoms with Crippen LogP contribution in [0.1, 0.15) is 26.5 Å². The topological polar surface area (TPSA) is 37.3 Å². The molecule has 1 aliphatic heterocycles. The first kappa shape index (κ1) is 16.1. The third-order valence-corrected chi connectivity index (χ3v) is 5.12. The van der Waals surface area contributed by atoms with Gasteiger partial charge in [0.1, 0.15) is 0 Å². The van der Waals surface area contributed by atoms with Gasteiger partial charge in [0.2, 0.25) is 5.91 Å². The van der Waals surface area contributed by atoms with Crippen molar-refractivity contribution in [1.29, 1.82) is 0 Å². The van der Waals surface area contributed by atoms with Crippen LogP contribution < -0.4 is 5.32 Å². The van der Waals surface area contributed by atoms with E-state index in [9.17, 15) is 4.79 Å². The van der Waals surface area contributed by atoms with Crippen LogP contribution in [-0.4, -0.2) is 34.5 Å². The Labute approximate surface area is 138 Å². The zero-order chi connectivity index (χ0) is 16.6. The van der Waals surface area contributed by atoms with Crippen molar-refractivity contribution >= 4 is 16.8 Å². The van der Waals surface area contributed by atoms with Gasteiger partial charge in [0.15, 0.2) is 0 Å². The highest BCUT2D eigenvalue weighted by Gasteiger charge is 2.35. The number of para-hydroxylation sites is 1. The Kier molecular flexibility index (Phi) is 4.44. The monoisotopic (exact) mass is 313 g/mol. The van der Waals surface area contributed by atoms with Gasteiger partial charge < -0.3 is 9.88 Å². The van der Waals surface area contributed by atoms with E-state index in [2.05, 4.69) is 66.0 Å². The van der Waals surface area contributed by atoms with E-state index < -0.39 is 0 Å². The molecule has 0 aliphatic carbocycles. The second-order valence-corrected chi connectivity index (χ2v) is 7.16. The molecule has 23 heavy (non-hydrogen) atoms. The molecule has 0 radical (unpaired) electrons. The number of aromatic nitrogens is 1. The van der Waals surface area contributed by atoms with E-state index in [-0.39, 0.29) is 11.9 Å². The lowest BCUT2D eigenvalue weighted by molar-refractivity contribution is -0.119. The van der Waals surface area contributed by atoms with Crippen molar-refractivity contribution in [1.82, 2.24) is 14.8 Å². The molecule has 1 N–H and O–H groups in total. The molecule has 1 saturated heterocycles. The maximum absolute atomic E-state index is 11.5. The summed E-state index contributed by atoms with van der Waals surface area (Å²) in [6.07, 6.45) is 0. The number of aryl methyl sites for hydroxylation is 1. The summed E-state index contributed by atoms with van der Waals surface area (Å²) in [4.78, 5) is 13.9. The Morgan fingerprint density at radius 1 is 1.30 bits per heavy atom. The third kappa shape index (κ3) is 3.27. The number of nitrogens with zero attached hydrogens (tertiary/aromatic N) is 2. The number of hydrogen-bond donors (Lipinski definition) is 1. The normalized spacial score (nSPS) is 22.1. The van der Waals surface area contributed by atoms with Crippen molar-refractivity contribution in [3.63, 3.8) is 0 Å². The zero-order valence-corrected chi connectivity index (χ0v) is 14.5. The molecule has 2 heterocycles. The number of likely N-dealkylation sites (tertiary alicyclic amines) is 1. The first-order valence-corrected chi connectivity index (χ1v) is 8.48. The number of rotatable bonds is 4. The molecule has 1 fully saturated rings. The Morgan fingerprint density at radius 2 is 2.04 bits per heavy atom. The van der Waals surface area contributed by atoms with E-state index in [4.69, 9.17) is 0 Å². The minimum absolute atomic E-state index is 0.0760. The minimum atomic E-state index is 0.0760. The molecule has 0 saturated carbocycles. The number of nitrogens with one attached hydrogen (secondary N) is 1. The van der Waals surface area contributed by atoms with Gasteiger partial charge in [0.25, 0.3) is 0 Å². The average molecular weight is 313 g/mol. The van der Waals surface area contributed by atoms with Gasteiger partial charge in [-0.2, -0.15) is 0 Å². The van der Waals surface area contributed by atoms with Crippen molar-refractivity contribution in [2.45, 2.75) is 33.4 Å². The maximum atomic E-state index is 11.5. The molecule has 4 heteroatoms. The van der Waals surface area contributed by atoms with Crippen molar-refractivity contribution in [3.05, 3.63) is 36.0 Å². The lowest BCUT2D eigenvalue weighted by atomic mass is 9.91. The second-order valence-electron chi connectivity index (χ2n) is 7.16. The van der Waals surface area contributed by atoms with Crippen LogP contribution in [0.3, 0.4) is 0 Å². The highest BCUT2D eigenvalue weighted by molar-refractivity contribution is 5.81. The highest BCUT2D eigenvalue weighted by atomic mass is 16.1. The van der Waals surface area contributed by atoms with Crippen LogP contribution in [0.2, 0.25) is 0 Å². The van der Waals surface area contributed by atoms with Crippen LogP contribution >= 0.6 is 0 Å². The van der Waals surface area contributed by atoms with Crippen LogP contribution in [0.4, 0.5) is 0 Å². The minimum Gasteiger partial charge on any atom is -0.352 e. The van der Waals surface area contributed by atoms with Crippen LogP contribution in [0, 0.1) is 11.8 Å². The average Bonchev–Trinajstić information content (AvgIpc) is 3.01. The predicted octanol–water partition coefficient (Wildman–Crippen LogP) is 2.77. The molecule has 3 rings (SSSR count). The van der Waals surface area contributed by atoms with Crippen LogP contribution in [0.5, 0.6) is 0 Å². The van der Waals surface area contributed by atoms with Crippen LogP contribution in [0.25, 0.3) is 10.9 Å². The molecule has 0 bridgehead atoms. The molecule has 1 aromatic heterocycles. The van der Waals surface area contributed by atoms with Gasteiger partial charge >= 0.3 is 0 Å². The Morgan fingerprint density at radius 3 is 2.70 bits per heavy atom. The lowest BCUT2D eigenvalue weighted by Gasteiger charge is -2.22. The molecule has 1 aliphatic rings. The largest absolute Gasteiger partial charge is 0.352 e. The number of carbonyl (C=O) groups is 1. The smallest absolute Gasteiger partial charge is 0.217 e. The van der Waals surface area contributed by atoms with Gasteiger partial charge in [-0.15, -0.1) is 0 Å². The van der Waals surface area contributed by atoms with Gasteiger partial charge in [0, 0.05) is 50.9 Å². The maximum Gasteiger partial charge on any atom is 0.217 e. The lowest BCUT2D eigenvalue weighted by Crippen LogP contribution is -2.40. The fraction of sp³-hybridized carbons (Fsp3) is 0.526. The van der Waals surface area contributed by atoms with Crippen molar-refractivity contribution in [2.24, 2.45) is 18.9 Å². The molecule has 1 amide bonds. The fourth-order valence-corrected chi connectivity index (χ4v) is 3.86. The molecule has 0 spiro atoms. The van der Waals surface area contributed by atoms with Gasteiger partial charge in [-0.25, -0.2) is 0 Å². The Balaban J connectivity index is 1.77. The third-order valence-electron chi connectivity index (χ3n) is 5.12. The van der Waals surface area contributed by atoms with Gasteiger partial charge in [-0.05, 0) is 29.4 Å². The number of carbonyl (C=O) groups excluding carboxylic acids is 1. The molecular weight excluding hydrogens is 286 g/mol. The van der Waals surface area contributed by atoms with Crippen molar-refractivity contribution < 1.29 is 4.79 Å². The molecule has 4 nitrogen and oxygen atoms in total. The van der Waals surface area contributed by atoms with Gasteiger partial charge in [-0.3, -0.25) is 9.69 Å². The summed E-state index contributed by atoms with van der Waals surface area (Å²) in [6, 6.07) is 11.1. The predicted molar refractivity (Wildman–Crippen MR) is 94.1 cm³/mol. The first-order valence-electron chi connectivity index (χ1n) is 8.48. The van der Waals surface area contributed by atoms with Crippen molar-refractivity contribution in [2.75, 3.05) is 13.1 Å². The SMILES string of the molecule is CC(=O)N[C@H]1CN(Cc2cc3ccccc3n2C)C[C@@H]1C(C)C. The van der Waals surface area contributed by atoms with E-state index in [0.717, 1.165) is 19.6 Å². The zero-order valence-electron chi connectivity index (χ0n) is 14.5. The van der Waals surface area contributed by atoms with E-state index in [1.54, 1.807) is 6.92 Å². The highest BCUT2D eigenvalue weighted by Crippen LogP contribution is 2.27. The van der Waals surface area contributed by atoms with E-state index in [0.29, 0.717) is 11.8 Å². The summed E-state index contributed by atoms with van der Waals surface area (Å²) < 4.78 is 2.28. The standard InChI is InChI=1S/C19H27N3O/c1-13(2)17-11-22(12-18(17)20-14(3)23)10-16-9-15-7-5-6-8-19(15)21(16)4/h5-9,13,17-18H,10-12H2,1-4H3,(H,20,23)/t17-,18+/m1/s1. The van der Waals surface area contributed by atoms with Crippen LogP contribution in [-0.2, 0) is 18.4 Å². The Hall–Kier alpha value is -1.81. The summed E-state index contributed by atoms with van der Waals surface area (Å²) in [5, 5.41) is 4.44. The molecule has 124 valence electrons. The fourth-order valence-electron chi connectivity index (χ4n) is 3.86. The summed E-state index contributed by atoms with van der Waals surface area (Å²) in [6.45, 7) is 9.03. The molecule has 2 aromatic rings. The number of hydrogen-bond acceptors (Lipinski definition) is 2. The summed E-state index contributed by atoms with van der Waals surface area (Å²) >= 11 is 0. The van der Waals surface area contributed by atoms with E-state index in [1.165, 1.54) is 16.6 Å². The van der Waals surface area contributed by atoms with Crippen LogP contribution in [0.15, 0.2) is 30.3 Å². The summed E-state index contributed by atoms with van der Waals surface area (Å²) in [5.41, 5.74) is 2.61. The number of amides is 1. The number of benzene rings is 1. The molecule has 1 aromatic carbocycles. The summed E-state index contributed by atoms with van der Waals surface area (Å²) in [7, 11) is 2.14. The molecular formula is C19H27N3O. The quantitative estimate of drug-likeness (QED) is 0.942. The Bertz CT molecular complexity index is 704. The van der Waals surface area contributed by atoms with Crippen molar-refractivity contribution in [3.8, 4) is 0 Å². The van der Waals surface area contributed by atoms with Gasteiger partial charge in [0.05, 0.1) is 0 Å². The molecule has 0 unspecified atom stereocenters. The number of fused-ring (bicyclic) bond motifs is 1. The second kappa shape index (κ2) is 6.36. The van der Waals surface area contributed by atoms with Gasteiger partial charge in [-0.1, -0.05) is 32.0 Å². The first-order chi connectivity index (χ1) is 11.0.